The number of ether oxygens (including phenoxy) is 1. The molecule has 8 heteroatoms. The minimum absolute atomic E-state index is 0.144. The molecule has 0 spiro atoms. The lowest BCUT2D eigenvalue weighted by molar-refractivity contribution is 0.0833. The maximum absolute atomic E-state index is 12.3. The van der Waals surface area contributed by atoms with Crippen LogP contribution in [0.1, 0.15) is 25.8 Å². The number of hydrazine groups is 1. The van der Waals surface area contributed by atoms with Gasteiger partial charge in [0.05, 0.1) is 15.8 Å². The third kappa shape index (κ3) is 3.15. The molecule has 2 heterocycles. The number of amides is 2. The number of fused-ring (bicyclic) bond motifs is 1. The van der Waals surface area contributed by atoms with Crippen molar-refractivity contribution in [1.29, 1.82) is 0 Å². The van der Waals surface area contributed by atoms with Crippen molar-refractivity contribution in [2.45, 2.75) is 6.92 Å². The second-order valence-electron chi connectivity index (χ2n) is 4.93. The van der Waals surface area contributed by atoms with E-state index in [0.717, 1.165) is 9.17 Å². The molecule has 124 valence electrons. The highest BCUT2D eigenvalue weighted by Crippen LogP contribution is 2.28. The highest BCUT2D eigenvalue weighted by Gasteiger charge is 2.19. The highest BCUT2D eigenvalue weighted by atomic mass is 79.9. The molecule has 0 saturated heterocycles. The molecule has 2 amide bonds. The minimum Gasteiger partial charge on any atom is -0.497 e. The number of rotatable bonds is 3. The van der Waals surface area contributed by atoms with Crippen LogP contribution in [-0.4, -0.2) is 18.9 Å². The fraction of sp³-hybridized carbons (Fsp3) is 0.125. The van der Waals surface area contributed by atoms with Crippen LogP contribution in [0.5, 0.6) is 5.75 Å². The second kappa shape index (κ2) is 6.66. The molecule has 0 saturated carbocycles. The molecule has 0 aliphatic rings. The van der Waals surface area contributed by atoms with Crippen molar-refractivity contribution in [3.8, 4) is 5.75 Å². The number of carbonyl (C=O) groups excluding carboxylic acids is 2. The molecule has 0 radical (unpaired) electrons. The standard InChI is InChI=1S/C16H13BrN2O4S/c1-8-10-7-9(22-2)3-4-11(10)23-14(8)16(21)19-18-15(20)12-5-6-13(17)24-12/h3-7H,1-2H3,(H,18,20)(H,19,21). The summed E-state index contributed by atoms with van der Waals surface area (Å²) in [6.45, 7) is 1.78. The minimum atomic E-state index is -0.522. The van der Waals surface area contributed by atoms with E-state index in [2.05, 4.69) is 26.8 Å². The zero-order valence-corrected chi connectivity index (χ0v) is 15.2. The zero-order valence-electron chi connectivity index (χ0n) is 12.8. The first kappa shape index (κ1) is 16.5. The van der Waals surface area contributed by atoms with Crippen LogP contribution in [0.25, 0.3) is 11.0 Å². The van der Waals surface area contributed by atoms with Crippen LogP contribution in [0, 0.1) is 6.92 Å². The molecule has 0 unspecified atom stereocenters. The lowest BCUT2D eigenvalue weighted by Crippen LogP contribution is -2.41. The first-order chi connectivity index (χ1) is 11.5. The maximum atomic E-state index is 12.3. The molecule has 0 bridgehead atoms. The van der Waals surface area contributed by atoms with Gasteiger partial charge in [-0.2, -0.15) is 0 Å². The Morgan fingerprint density at radius 1 is 1.17 bits per heavy atom. The Balaban J connectivity index is 1.76. The highest BCUT2D eigenvalue weighted by molar-refractivity contribution is 9.11. The van der Waals surface area contributed by atoms with E-state index in [1.54, 1.807) is 44.4 Å². The van der Waals surface area contributed by atoms with Crippen molar-refractivity contribution in [2.75, 3.05) is 7.11 Å². The van der Waals surface area contributed by atoms with E-state index in [-0.39, 0.29) is 5.76 Å². The van der Waals surface area contributed by atoms with Crippen molar-refractivity contribution in [3.63, 3.8) is 0 Å². The number of benzene rings is 1. The molecule has 6 nitrogen and oxygen atoms in total. The van der Waals surface area contributed by atoms with Crippen molar-refractivity contribution in [2.24, 2.45) is 0 Å². The lowest BCUT2D eigenvalue weighted by atomic mass is 10.1. The van der Waals surface area contributed by atoms with E-state index >= 15 is 0 Å². The number of thiophene rings is 1. The average molecular weight is 409 g/mol. The van der Waals surface area contributed by atoms with E-state index in [1.165, 1.54) is 11.3 Å². The van der Waals surface area contributed by atoms with Gasteiger partial charge in [0.15, 0.2) is 5.76 Å². The molecular weight excluding hydrogens is 396 g/mol. The molecule has 1 aromatic carbocycles. The fourth-order valence-corrected chi connectivity index (χ4v) is 3.49. The summed E-state index contributed by atoms with van der Waals surface area (Å²) in [5, 5.41) is 0.785. The van der Waals surface area contributed by atoms with Gasteiger partial charge in [0.25, 0.3) is 5.91 Å². The summed E-state index contributed by atoms with van der Waals surface area (Å²) in [6, 6.07) is 8.71. The van der Waals surface area contributed by atoms with Crippen LogP contribution in [0.3, 0.4) is 0 Å². The predicted octanol–water partition coefficient (Wildman–Crippen LogP) is 3.65. The molecule has 0 aliphatic heterocycles. The Bertz CT molecular complexity index is 931. The number of carbonyl (C=O) groups is 2. The van der Waals surface area contributed by atoms with Crippen LogP contribution in [-0.2, 0) is 0 Å². The number of hydrogen-bond donors (Lipinski definition) is 2. The Hall–Kier alpha value is -2.32. The monoisotopic (exact) mass is 408 g/mol. The normalized spacial score (nSPS) is 10.6. The average Bonchev–Trinajstić information content (AvgIpc) is 3.16. The van der Waals surface area contributed by atoms with Crippen LogP contribution in [0.2, 0.25) is 0 Å². The number of nitrogens with one attached hydrogen (secondary N) is 2. The predicted molar refractivity (Wildman–Crippen MR) is 94.5 cm³/mol. The smallest absolute Gasteiger partial charge is 0.305 e. The molecule has 3 aromatic rings. The van der Waals surface area contributed by atoms with Crippen LogP contribution in [0.15, 0.2) is 38.5 Å². The first-order valence-electron chi connectivity index (χ1n) is 6.92. The van der Waals surface area contributed by atoms with Gasteiger partial charge in [-0.25, -0.2) is 0 Å². The summed E-state index contributed by atoms with van der Waals surface area (Å²) in [5.41, 5.74) is 5.99. The van der Waals surface area contributed by atoms with Gasteiger partial charge in [0, 0.05) is 10.9 Å². The quantitative estimate of drug-likeness (QED) is 0.648. The molecule has 24 heavy (non-hydrogen) atoms. The molecule has 2 N–H and O–H groups in total. The van der Waals surface area contributed by atoms with Gasteiger partial charge >= 0.3 is 5.91 Å². The first-order valence-corrected chi connectivity index (χ1v) is 8.53. The number of halogens is 1. The summed E-state index contributed by atoms with van der Waals surface area (Å²) in [4.78, 5) is 24.7. The van der Waals surface area contributed by atoms with Crippen LogP contribution >= 0.6 is 27.3 Å². The Morgan fingerprint density at radius 3 is 2.58 bits per heavy atom. The SMILES string of the molecule is COc1ccc2oc(C(=O)NNC(=O)c3ccc(Br)s3)c(C)c2c1. The fourth-order valence-electron chi connectivity index (χ4n) is 2.21. The number of aryl methyl sites for hydroxylation is 1. The third-order valence-corrected chi connectivity index (χ3v) is 5.06. The van der Waals surface area contributed by atoms with E-state index in [1.807, 2.05) is 0 Å². The van der Waals surface area contributed by atoms with Crippen LogP contribution < -0.4 is 15.6 Å². The van der Waals surface area contributed by atoms with Gasteiger partial charge < -0.3 is 9.15 Å². The molecule has 0 fully saturated rings. The molecule has 3 rings (SSSR count). The van der Waals surface area contributed by atoms with E-state index in [9.17, 15) is 9.59 Å². The third-order valence-electron chi connectivity index (χ3n) is 3.44. The van der Waals surface area contributed by atoms with Crippen molar-refractivity contribution in [1.82, 2.24) is 10.9 Å². The summed E-state index contributed by atoms with van der Waals surface area (Å²) < 4.78 is 11.6. The largest absolute Gasteiger partial charge is 0.497 e. The molecule has 2 aromatic heterocycles. The van der Waals surface area contributed by atoms with Gasteiger partial charge in [-0.1, -0.05) is 0 Å². The van der Waals surface area contributed by atoms with Gasteiger partial charge in [-0.05, 0) is 53.2 Å². The van der Waals surface area contributed by atoms with Gasteiger partial charge in [0.2, 0.25) is 0 Å². The summed E-state index contributed by atoms with van der Waals surface area (Å²) in [6.07, 6.45) is 0. The number of hydrogen-bond acceptors (Lipinski definition) is 5. The van der Waals surface area contributed by atoms with Gasteiger partial charge in [0.1, 0.15) is 11.3 Å². The molecular formula is C16H13BrN2O4S. The van der Waals surface area contributed by atoms with Crippen LogP contribution in [0.4, 0.5) is 0 Å². The van der Waals surface area contributed by atoms with Gasteiger partial charge in [-0.3, -0.25) is 20.4 Å². The van der Waals surface area contributed by atoms with E-state index in [0.29, 0.717) is 21.8 Å². The van der Waals surface area contributed by atoms with E-state index in [4.69, 9.17) is 9.15 Å². The molecule has 0 atom stereocenters. The Morgan fingerprint density at radius 2 is 1.92 bits per heavy atom. The van der Waals surface area contributed by atoms with Crippen molar-refractivity contribution >= 4 is 50.1 Å². The van der Waals surface area contributed by atoms with Gasteiger partial charge in [-0.15, -0.1) is 11.3 Å². The Kier molecular flexibility index (Phi) is 4.59. The lowest BCUT2D eigenvalue weighted by Gasteiger charge is -2.04. The number of methoxy groups -OCH3 is 1. The maximum Gasteiger partial charge on any atom is 0.305 e. The molecule has 0 aliphatic carbocycles. The number of furan rings is 1. The topological polar surface area (TPSA) is 80.6 Å². The summed E-state index contributed by atoms with van der Waals surface area (Å²) in [5.74, 6) is -0.0954. The second-order valence-corrected chi connectivity index (χ2v) is 7.39. The Labute approximate surface area is 149 Å². The summed E-state index contributed by atoms with van der Waals surface area (Å²) in [7, 11) is 1.57. The summed E-state index contributed by atoms with van der Waals surface area (Å²) >= 11 is 4.55. The van der Waals surface area contributed by atoms with E-state index < -0.39 is 11.8 Å². The van der Waals surface area contributed by atoms with Crippen molar-refractivity contribution < 1.29 is 18.7 Å². The van der Waals surface area contributed by atoms with Crippen molar-refractivity contribution in [3.05, 3.63) is 50.3 Å². The zero-order chi connectivity index (χ0) is 17.3.